The molecule has 2 aromatic rings. The minimum Gasteiger partial charge on any atom is -0.324 e. The maximum atomic E-state index is 13.8. The van der Waals surface area contributed by atoms with Gasteiger partial charge in [-0.2, -0.15) is 0 Å². The molecule has 0 aliphatic carbocycles. The van der Waals surface area contributed by atoms with E-state index in [1.165, 1.54) is 6.07 Å². The molecule has 17 heavy (non-hydrogen) atoms. The Kier molecular flexibility index (Phi) is 3.20. The predicted octanol–water partition coefficient (Wildman–Crippen LogP) is 3.22. The van der Waals surface area contributed by atoms with Crippen LogP contribution in [0.25, 0.3) is 11.1 Å². The van der Waals surface area contributed by atoms with E-state index in [0.29, 0.717) is 5.56 Å². The van der Waals surface area contributed by atoms with Crippen LogP contribution in [0.1, 0.15) is 24.2 Å². The van der Waals surface area contributed by atoms with E-state index in [-0.39, 0.29) is 11.9 Å². The first-order valence-corrected chi connectivity index (χ1v) is 5.56. The van der Waals surface area contributed by atoms with Gasteiger partial charge < -0.3 is 5.73 Å². The summed E-state index contributed by atoms with van der Waals surface area (Å²) in [5, 5.41) is 0. The molecule has 1 unspecified atom stereocenters. The van der Waals surface area contributed by atoms with E-state index >= 15 is 0 Å². The molecule has 1 aromatic carbocycles. The standard InChI is InChI=1S/C14H15FN2/c1-9-7-12(5-6-17-9)13-8-11(10(2)16)3-4-14(13)15/h3-8,10H,16H2,1-2H3. The van der Waals surface area contributed by atoms with Crippen molar-refractivity contribution in [1.29, 1.82) is 0 Å². The monoisotopic (exact) mass is 230 g/mol. The van der Waals surface area contributed by atoms with E-state index in [0.717, 1.165) is 16.8 Å². The fourth-order valence-electron chi connectivity index (χ4n) is 1.76. The Balaban J connectivity index is 2.54. The van der Waals surface area contributed by atoms with Gasteiger partial charge in [0.15, 0.2) is 0 Å². The molecule has 0 fully saturated rings. The van der Waals surface area contributed by atoms with Crippen LogP contribution in [0.5, 0.6) is 0 Å². The highest BCUT2D eigenvalue weighted by Gasteiger charge is 2.08. The third kappa shape index (κ3) is 2.50. The maximum absolute atomic E-state index is 13.8. The van der Waals surface area contributed by atoms with Crippen molar-refractivity contribution in [2.45, 2.75) is 19.9 Å². The lowest BCUT2D eigenvalue weighted by Crippen LogP contribution is -2.05. The average Bonchev–Trinajstić information content (AvgIpc) is 2.29. The second-order valence-electron chi connectivity index (χ2n) is 4.21. The summed E-state index contributed by atoms with van der Waals surface area (Å²) in [6.07, 6.45) is 1.68. The molecule has 1 atom stereocenters. The first kappa shape index (κ1) is 11.7. The van der Waals surface area contributed by atoms with Crippen LogP contribution in [0.2, 0.25) is 0 Å². The molecule has 0 amide bonds. The molecule has 0 saturated heterocycles. The third-order valence-corrected chi connectivity index (χ3v) is 2.72. The lowest BCUT2D eigenvalue weighted by molar-refractivity contribution is 0.629. The number of hydrogen-bond donors (Lipinski definition) is 1. The van der Waals surface area contributed by atoms with Crippen LogP contribution in [-0.2, 0) is 0 Å². The van der Waals surface area contributed by atoms with Gasteiger partial charge in [0, 0.05) is 23.5 Å². The van der Waals surface area contributed by atoms with Crippen molar-refractivity contribution >= 4 is 0 Å². The van der Waals surface area contributed by atoms with E-state index in [1.54, 1.807) is 24.4 Å². The number of halogens is 1. The minimum atomic E-state index is -0.236. The van der Waals surface area contributed by atoms with Gasteiger partial charge in [-0.05, 0) is 49.2 Å². The van der Waals surface area contributed by atoms with Gasteiger partial charge in [0.2, 0.25) is 0 Å². The summed E-state index contributed by atoms with van der Waals surface area (Å²) in [4.78, 5) is 4.11. The van der Waals surface area contributed by atoms with Crippen molar-refractivity contribution in [2.24, 2.45) is 5.73 Å². The van der Waals surface area contributed by atoms with Crippen molar-refractivity contribution in [2.75, 3.05) is 0 Å². The smallest absolute Gasteiger partial charge is 0.131 e. The molecule has 1 aromatic heterocycles. The first-order chi connectivity index (χ1) is 8.08. The Bertz CT molecular complexity index is 535. The van der Waals surface area contributed by atoms with E-state index < -0.39 is 0 Å². The largest absolute Gasteiger partial charge is 0.324 e. The molecule has 0 bridgehead atoms. The molecule has 0 radical (unpaired) electrons. The highest BCUT2D eigenvalue weighted by Crippen LogP contribution is 2.25. The van der Waals surface area contributed by atoms with E-state index in [1.807, 2.05) is 19.9 Å². The number of pyridine rings is 1. The molecule has 0 aliphatic rings. The van der Waals surface area contributed by atoms with E-state index in [9.17, 15) is 4.39 Å². The number of nitrogens with two attached hydrogens (primary N) is 1. The Morgan fingerprint density at radius 3 is 2.65 bits per heavy atom. The number of aryl methyl sites for hydroxylation is 1. The van der Waals surface area contributed by atoms with Gasteiger partial charge in [0.25, 0.3) is 0 Å². The summed E-state index contributed by atoms with van der Waals surface area (Å²) < 4.78 is 13.8. The summed E-state index contributed by atoms with van der Waals surface area (Å²) in [6, 6.07) is 8.55. The second kappa shape index (κ2) is 4.63. The van der Waals surface area contributed by atoms with Crippen molar-refractivity contribution in [1.82, 2.24) is 4.98 Å². The van der Waals surface area contributed by atoms with E-state index in [2.05, 4.69) is 4.98 Å². The number of rotatable bonds is 2. The van der Waals surface area contributed by atoms with Crippen molar-refractivity contribution in [3.05, 3.63) is 53.6 Å². The summed E-state index contributed by atoms with van der Waals surface area (Å²) in [6.45, 7) is 3.77. The molecule has 2 rings (SSSR count). The Labute approximate surface area is 100 Å². The zero-order valence-electron chi connectivity index (χ0n) is 9.94. The summed E-state index contributed by atoms with van der Waals surface area (Å²) in [5.41, 5.74) is 9.01. The zero-order chi connectivity index (χ0) is 12.4. The zero-order valence-corrected chi connectivity index (χ0v) is 9.94. The van der Waals surface area contributed by atoms with Gasteiger partial charge >= 0.3 is 0 Å². The van der Waals surface area contributed by atoms with Crippen molar-refractivity contribution in [3.8, 4) is 11.1 Å². The number of hydrogen-bond acceptors (Lipinski definition) is 2. The SMILES string of the molecule is Cc1cc(-c2cc(C(C)N)ccc2F)ccn1. The molecule has 2 N–H and O–H groups in total. The summed E-state index contributed by atoms with van der Waals surface area (Å²) in [5.74, 6) is -0.236. The van der Waals surface area contributed by atoms with Crippen LogP contribution < -0.4 is 5.73 Å². The Hall–Kier alpha value is -1.74. The lowest BCUT2D eigenvalue weighted by atomic mass is 10.00. The predicted molar refractivity (Wildman–Crippen MR) is 67.0 cm³/mol. The van der Waals surface area contributed by atoms with Gasteiger partial charge in [-0.25, -0.2) is 4.39 Å². The Morgan fingerprint density at radius 2 is 2.00 bits per heavy atom. The summed E-state index contributed by atoms with van der Waals surface area (Å²) >= 11 is 0. The number of nitrogens with zero attached hydrogens (tertiary/aromatic N) is 1. The third-order valence-electron chi connectivity index (χ3n) is 2.72. The van der Waals surface area contributed by atoms with Crippen molar-refractivity contribution in [3.63, 3.8) is 0 Å². The first-order valence-electron chi connectivity index (χ1n) is 5.56. The van der Waals surface area contributed by atoms with Crippen LogP contribution >= 0.6 is 0 Å². The topological polar surface area (TPSA) is 38.9 Å². The maximum Gasteiger partial charge on any atom is 0.131 e. The number of benzene rings is 1. The van der Waals surface area contributed by atoms with Gasteiger partial charge in [0.05, 0.1) is 0 Å². The fraction of sp³-hybridized carbons (Fsp3) is 0.214. The molecule has 0 aliphatic heterocycles. The molecule has 0 spiro atoms. The highest BCUT2D eigenvalue weighted by molar-refractivity contribution is 5.65. The molecular weight excluding hydrogens is 215 g/mol. The van der Waals surface area contributed by atoms with E-state index in [4.69, 9.17) is 5.73 Å². The minimum absolute atomic E-state index is 0.0997. The molecule has 88 valence electrons. The van der Waals surface area contributed by atoms with Gasteiger partial charge in [-0.15, -0.1) is 0 Å². The lowest BCUT2D eigenvalue weighted by Gasteiger charge is -2.10. The van der Waals surface area contributed by atoms with Crippen LogP contribution in [0.3, 0.4) is 0 Å². The second-order valence-corrected chi connectivity index (χ2v) is 4.21. The van der Waals surface area contributed by atoms with Crippen LogP contribution in [-0.4, -0.2) is 4.98 Å². The normalized spacial score (nSPS) is 12.5. The van der Waals surface area contributed by atoms with Crippen molar-refractivity contribution < 1.29 is 4.39 Å². The molecule has 3 heteroatoms. The van der Waals surface area contributed by atoms with Gasteiger partial charge in [-0.3, -0.25) is 4.98 Å². The fourth-order valence-corrected chi connectivity index (χ4v) is 1.76. The molecular formula is C14H15FN2. The quantitative estimate of drug-likeness (QED) is 0.860. The Morgan fingerprint density at radius 1 is 1.24 bits per heavy atom. The highest BCUT2D eigenvalue weighted by atomic mass is 19.1. The number of aromatic nitrogens is 1. The molecule has 2 nitrogen and oxygen atoms in total. The van der Waals surface area contributed by atoms with Gasteiger partial charge in [-0.1, -0.05) is 6.07 Å². The van der Waals surface area contributed by atoms with Crippen LogP contribution in [0.15, 0.2) is 36.5 Å². The molecule has 0 saturated carbocycles. The molecule has 1 heterocycles. The van der Waals surface area contributed by atoms with Gasteiger partial charge in [0.1, 0.15) is 5.82 Å². The van der Waals surface area contributed by atoms with Crippen LogP contribution in [0, 0.1) is 12.7 Å². The van der Waals surface area contributed by atoms with Crippen LogP contribution in [0.4, 0.5) is 4.39 Å². The summed E-state index contributed by atoms with van der Waals surface area (Å²) in [7, 11) is 0. The average molecular weight is 230 g/mol.